The average Bonchev–Trinajstić information content (AvgIpc) is 2.30. The summed E-state index contributed by atoms with van der Waals surface area (Å²) in [6, 6.07) is 0.247. The van der Waals surface area contributed by atoms with Crippen LogP contribution >= 0.6 is 0 Å². The van der Waals surface area contributed by atoms with E-state index in [1.807, 2.05) is 6.92 Å². The highest BCUT2D eigenvalue weighted by Crippen LogP contribution is 2.17. The molecule has 4 nitrogen and oxygen atoms in total. The van der Waals surface area contributed by atoms with E-state index < -0.39 is 0 Å². The molecule has 0 aliphatic carbocycles. The van der Waals surface area contributed by atoms with Gasteiger partial charge in [0.05, 0.1) is 13.0 Å². The van der Waals surface area contributed by atoms with Crippen molar-refractivity contribution in [2.75, 3.05) is 33.4 Å². The third kappa shape index (κ3) is 5.50. The van der Waals surface area contributed by atoms with Gasteiger partial charge in [-0.15, -0.1) is 0 Å². The quantitative estimate of drug-likeness (QED) is 0.665. The minimum absolute atomic E-state index is 0.0983. The minimum Gasteiger partial charge on any atom is -0.466 e. The molecule has 0 amide bonds. The van der Waals surface area contributed by atoms with Crippen molar-refractivity contribution in [2.24, 2.45) is 5.92 Å². The van der Waals surface area contributed by atoms with Crippen LogP contribution < -0.4 is 0 Å². The molecule has 1 aliphatic rings. The van der Waals surface area contributed by atoms with Gasteiger partial charge in [-0.05, 0) is 39.7 Å². The Kier molecular flexibility index (Phi) is 6.52. The molecule has 1 unspecified atom stereocenters. The van der Waals surface area contributed by atoms with Gasteiger partial charge < -0.3 is 14.4 Å². The third-order valence-corrected chi connectivity index (χ3v) is 3.41. The van der Waals surface area contributed by atoms with Crippen LogP contribution in [0, 0.1) is 5.92 Å². The second kappa shape index (κ2) is 7.67. The fourth-order valence-corrected chi connectivity index (χ4v) is 2.13. The number of hydrogen-bond donors (Lipinski definition) is 0. The second-order valence-electron chi connectivity index (χ2n) is 4.85. The summed E-state index contributed by atoms with van der Waals surface area (Å²) >= 11 is 0. The van der Waals surface area contributed by atoms with Crippen LogP contribution in [0.2, 0.25) is 0 Å². The molecule has 1 heterocycles. The van der Waals surface area contributed by atoms with Crippen LogP contribution in [0.25, 0.3) is 0 Å². The topological polar surface area (TPSA) is 38.8 Å². The first-order valence-corrected chi connectivity index (χ1v) is 6.57. The van der Waals surface area contributed by atoms with Crippen LogP contribution in [0.4, 0.5) is 0 Å². The molecule has 17 heavy (non-hydrogen) atoms. The van der Waals surface area contributed by atoms with Gasteiger partial charge >= 0.3 is 5.97 Å². The Morgan fingerprint density at radius 2 is 2.12 bits per heavy atom. The van der Waals surface area contributed by atoms with Crippen LogP contribution in [0.5, 0.6) is 0 Å². The maximum Gasteiger partial charge on any atom is 0.307 e. The monoisotopic (exact) mass is 243 g/mol. The molecule has 0 aromatic rings. The Hall–Kier alpha value is -0.610. The van der Waals surface area contributed by atoms with E-state index in [4.69, 9.17) is 9.47 Å². The number of rotatable bonds is 6. The van der Waals surface area contributed by atoms with Crippen molar-refractivity contribution < 1.29 is 14.3 Å². The molecule has 100 valence electrons. The Balaban J connectivity index is 2.25. The van der Waals surface area contributed by atoms with E-state index in [0.29, 0.717) is 18.9 Å². The Morgan fingerprint density at radius 3 is 2.71 bits per heavy atom. The highest BCUT2D eigenvalue weighted by molar-refractivity contribution is 5.69. The van der Waals surface area contributed by atoms with Crippen molar-refractivity contribution in [1.82, 2.24) is 4.90 Å². The molecular formula is C13H25NO3. The maximum atomic E-state index is 11.4. The largest absolute Gasteiger partial charge is 0.466 e. The Morgan fingerprint density at radius 1 is 1.47 bits per heavy atom. The average molecular weight is 243 g/mol. The summed E-state index contributed by atoms with van der Waals surface area (Å²) in [6.45, 7) is 7.19. The van der Waals surface area contributed by atoms with Gasteiger partial charge in [0.25, 0.3) is 0 Å². The third-order valence-electron chi connectivity index (χ3n) is 3.41. The summed E-state index contributed by atoms with van der Waals surface area (Å²) in [6.07, 6.45) is 2.75. The molecule has 0 spiro atoms. The molecule has 1 saturated heterocycles. The smallest absolute Gasteiger partial charge is 0.307 e. The lowest BCUT2D eigenvalue weighted by molar-refractivity contribution is -0.144. The van der Waals surface area contributed by atoms with Gasteiger partial charge in [-0.3, -0.25) is 4.79 Å². The number of esters is 1. The molecule has 0 aromatic heterocycles. The van der Waals surface area contributed by atoms with Gasteiger partial charge in [-0.2, -0.15) is 0 Å². The minimum atomic E-state index is -0.0983. The fourth-order valence-electron chi connectivity index (χ4n) is 2.13. The van der Waals surface area contributed by atoms with E-state index in [2.05, 4.69) is 18.9 Å². The molecule has 0 radical (unpaired) electrons. The predicted octanol–water partition coefficient (Wildman–Crippen LogP) is 1.69. The standard InChI is InChI=1S/C13H25NO3/c1-4-17-13(15)9-11(2)14(3)10-12-5-7-16-8-6-12/h11-12H,4-10H2,1-3H3. The van der Waals surface area contributed by atoms with E-state index in [1.54, 1.807) is 0 Å². The molecule has 1 atom stereocenters. The number of ether oxygens (including phenoxy) is 2. The van der Waals surface area contributed by atoms with Crippen molar-refractivity contribution >= 4 is 5.97 Å². The van der Waals surface area contributed by atoms with Crippen molar-refractivity contribution in [3.05, 3.63) is 0 Å². The summed E-state index contributed by atoms with van der Waals surface area (Å²) in [5.74, 6) is 0.609. The predicted molar refractivity (Wildman–Crippen MR) is 66.9 cm³/mol. The summed E-state index contributed by atoms with van der Waals surface area (Å²) < 4.78 is 10.3. The van der Waals surface area contributed by atoms with Crippen LogP contribution in [-0.2, 0) is 14.3 Å². The molecule has 1 rings (SSSR count). The Bertz CT molecular complexity index is 227. The zero-order chi connectivity index (χ0) is 12.7. The normalized spacial score (nSPS) is 19.3. The lowest BCUT2D eigenvalue weighted by Crippen LogP contribution is -2.37. The van der Waals surface area contributed by atoms with Gasteiger partial charge in [0.15, 0.2) is 0 Å². The van der Waals surface area contributed by atoms with Crippen molar-refractivity contribution in [2.45, 2.75) is 39.2 Å². The van der Waals surface area contributed by atoms with Crippen molar-refractivity contribution in [3.8, 4) is 0 Å². The second-order valence-corrected chi connectivity index (χ2v) is 4.85. The van der Waals surface area contributed by atoms with Gasteiger partial charge in [-0.1, -0.05) is 0 Å². The SMILES string of the molecule is CCOC(=O)CC(C)N(C)CC1CCOCC1. The van der Waals surface area contributed by atoms with Crippen LogP contribution in [0.15, 0.2) is 0 Å². The molecule has 0 aromatic carbocycles. The number of carbonyl (C=O) groups excluding carboxylic acids is 1. The maximum absolute atomic E-state index is 11.4. The van der Waals surface area contributed by atoms with Crippen LogP contribution in [0.1, 0.15) is 33.1 Å². The molecule has 0 saturated carbocycles. The first-order valence-electron chi connectivity index (χ1n) is 6.57. The lowest BCUT2D eigenvalue weighted by Gasteiger charge is -2.30. The zero-order valence-corrected chi connectivity index (χ0v) is 11.3. The highest BCUT2D eigenvalue weighted by Gasteiger charge is 2.20. The summed E-state index contributed by atoms with van der Waals surface area (Å²) in [5, 5.41) is 0. The van der Waals surface area contributed by atoms with Crippen molar-refractivity contribution in [3.63, 3.8) is 0 Å². The van der Waals surface area contributed by atoms with Crippen LogP contribution in [0.3, 0.4) is 0 Å². The van der Waals surface area contributed by atoms with E-state index in [0.717, 1.165) is 32.6 Å². The van der Waals surface area contributed by atoms with Gasteiger partial charge in [0.2, 0.25) is 0 Å². The van der Waals surface area contributed by atoms with Gasteiger partial charge in [0.1, 0.15) is 0 Å². The van der Waals surface area contributed by atoms with E-state index in [1.165, 1.54) is 0 Å². The molecule has 0 N–H and O–H groups in total. The number of hydrogen-bond acceptors (Lipinski definition) is 4. The summed E-state index contributed by atoms with van der Waals surface area (Å²) in [5.41, 5.74) is 0. The Labute approximate surface area is 104 Å². The molecule has 0 bridgehead atoms. The molecule has 4 heteroatoms. The number of carbonyl (C=O) groups is 1. The molecular weight excluding hydrogens is 218 g/mol. The first-order chi connectivity index (χ1) is 8.13. The van der Waals surface area contributed by atoms with Gasteiger partial charge in [0, 0.05) is 25.8 Å². The first kappa shape index (κ1) is 14.5. The summed E-state index contributed by atoms with van der Waals surface area (Å²) in [7, 11) is 2.08. The van der Waals surface area contributed by atoms with Gasteiger partial charge in [-0.25, -0.2) is 0 Å². The number of nitrogens with zero attached hydrogens (tertiary/aromatic N) is 1. The van der Waals surface area contributed by atoms with Crippen molar-refractivity contribution in [1.29, 1.82) is 0 Å². The molecule has 1 aliphatic heterocycles. The molecule has 1 fully saturated rings. The van der Waals surface area contributed by atoms with E-state index >= 15 is 0 Å². The summed E-state index contributed by atoms with van der Waals surface area (Å²) in [4.78, 5) is 13.6. The lowest BCUT2D eigenvalue weighted by atomic mass is 9.99. The zero-order valence-electron chi connectivity index (χ0n) is 11.3. The van der Waals surface area contributed by atoms with Crippen LogP contribution in [-0.4, -0.2) is 50.3 Å². The van der Waals surface area contributed by atoms with E-state index in [9.17, 15) is 4.79 Å². The fraction of sp³-hybridized carbons (Fsp3) is 0.923. The van der Waals surface area contributed by atoms with E-state index in [-0.39, 0.29) is 12.0 Å². The highest BCUT2D eigenvalue weighted by atomic mass is 16.5.